The van der Waals surface area contributed by atoms with Gasteiger partial charge < -0.3 is 10.4 Å². The van der Waals surface area contributed by atoms with Gasteiger partial charge in [-0.15, -0.1) is 0 Å². The maximum absolute atomic E-state index is 12.1. The molecule has 1 aliphatic rings. The number of benzene rings is 1. The zero-order valence-corrected chi connectivity index (χ0v) is 10.2. The van der Waals surface area contributed by atoms with Gasteiger partial charge in [-0.25, -0.2) is 0 Å². The summed E-state index contributed by atoms with van der Waals surface area (Å²) < 4.78 is 0. The van der Waals surface area contributed by atoms with E-state index in [2.05, 4.69) is 10.3 Å². The van der Waals surface area contributed by atoms with Crippen molar-refractivity contribution in [1.29, 1.82) is 0 Å². The number of carboxylic acid groups (broad SMARTS) is 1. The lowest BCUT2D eigenvalue weighted by molar-refractivity contribution is -0.151. The van der Waals surface area contributed by atoms with Crippen LogP contribution in [0.5, 0.6) is 0 Å². The number of amides is 1. The van der Waals surface area contributed by atoms with Crippen molar-refractivity contribution in [3.8, 4) is 0 Å². The summed E-state index contributed by atoms with van der Waals surface area (Å²) in [6.45, 7) is 0.228. The molecular weight excluding hydrogens is 244 g/mol. The van der Waals surface area contributed by atoms with Crippen molar-refractivity contribution in [3.05, 3.63) is 48.0 Å². The first-order valence-electron chi connectivity index (χ1n) is 5.88. The van der Waals surface area contributed by atoms with Crippen LogP contribution in [0.25, 0.3) is 0 Å². The van der Waals surface area contributed by atoms with Crippen LogP contribution in [-0.4, -0.2) is 29.7 Å². The van der Waals surface area contributed by atoms with E-state index in [1.54, 1.807) is 0 Å². The van der Waals surface area contributed by atoms with E-state index < -0.39 is 17.3 Å². The van der Waals surface area contributed by atoms with Crippen molar-refractivity contribution in [1.82, 2.24) is 5.32 Å². The third-order valence-electron chi connectivity index (χ3n) is 3.00. The fourth-order valence-corrected chi connectivity index (χ4v) is 1.84. The standard InChI is InChI=1S/C14H14N2O3/c17-12(16-9-11-5-2-1-3-6-11)14(13(18)19)7-4-8-15-10-14/h1-8H,9-10H2,(H,16,17)(H,18,19). The number of hydrogen-bond donors (Lipinski definition) is 2. The van der Waals surface area contributed by atoms with Crippen LogP contribution in [-0.2, 0) is 16.1 Å². The maximum atomic E-state index is 12.1. The summed E-state index contributed by atoms with van der Waals surface area (Å²) in [7, 11) is 0. The van der Waals surface area contributed by atoms with Crippen LogP contribution in [0.3, 0.4) is 0 Å². The Kier molecular flexibility index (Phi) is 3.75. The van der Waals surface area contributed by atoms with E-state index in [4.69, 9.17) is 0 Å². The molecule has 1 aromatic rings. The van der Waals surface area contributed by atoms with Crippen molar-refractivity contribution in [3.63, 3.8) is 0 Å². The summed E-state index contributed by atoms with van der Waals surface area (Å²) in [6.07, 6.45) is 4.36. The molecule has 0 radical (unpaired) electrons. The Labute approximate surface area is 110 Å². The van der Waals surface area contributed by atoms with Crippen LogP contribution in [0, 0.1) is 5.41 Å². The number of nitrogens with one attached hydrogen (secondary N) is 1. The van der Waals surface area contributed by atoms with Crippen molar-refractivity contribution >= 4 is 18.1 Å². The first-order chi connectivity index (χ1) is 9.15. The largest absolute Gasteiger partial charge is 0.480 e. The average molecular weight is 258 g/mol. The second-order valence-electron chi connectivity index (χ2n) is 4.29. The highest BCUT2D eigenvalue weighted by atomic mass is 16.4. The number of aliphatic imine (C=N–C) groups is 1. The SMILES string of the molecule is O=C(O)C1(C(=O)NCc2ccccc2)C=CC=NC1. The highest BCUT2D eigenvalue weighted by Crippen LogP contribution is 2.23. The van der Waals surface area contributed by atoms with Crippen LogP contribution in [0.15, 0.2) is 47.5 Å². The zero-order valence-electron chi connectivity index (χ0n) is 10.2. The number of carbonyl (C=O) groups is 2. The van der Waals surface area contributed by atoms with Gasteiger partial charge in [0.05, 0.1) is 6.54 Å². The minimum Gasteiger partial charge on any atom is -0.480 e. The molecule has 0 spiro atoms. The lowest BCUT2D eigenvalue weighted by Crippen LogP contribution is -2.48. The molecule has 5 heteroatoms. The number of carboxylic acids is 1. The second kappa shape index (κ2) is 5.48. The Bertz CT molecular complexity index is 537. The third kappa shape index (κ3) is 2.70. The molecular formula is C14H14N2O3. The summed E-state index contributed by atoms with van der Waals surface area (Å²) in [6, 6.07) is 9.33. The molecule has 98 valence electrons. The highest BCUT2D eigenvalue weighted by molar-refractivity contribution is 6.05. The lowest BCUT2D eigenvalue weighted by atomic mass is 9.85. The molecule has 5 nitrogen and oxygen atoms in total. The van der Waals surface area contributed by atoms with Crippen molar-refractivity contribution in [2.75, 3.05) is 6.54 Å². The van der Waals surface area contributed by atoms with Gasteiger partial charge in [-0.3, -0.25) is 14.6 Å². The van der Waals surface area contributed by atoms with Gasteiger partial charge in [0, 0.05) is 12.8 Å². The summed E-state index contributed by atoms with van der Waals surface area (Å²) in [5, 5.41) is 11.9. The molecule has 19 heavy (non-hydrogen) atoms. The lowest BCUT2D eigenvalue weighted by Gasteiger charge is -2.24. The van der Waals surface area contributed by atoms with E-state index in [0.29, 0.717) is 6.54 Å². The van der Waals surface area contributed by atoms with E-state index >= 15 is 0 Å². The number of nitrogens with zero attached hydrogens (tertiary/aromatic N) is 1. The van der Waals surface area contributed by atoms with E-state index in [9.17, 15) is 14.7 Å². The molecule has 1 atom stereocenters. The molecule has 2 N–H and O–H groups in total. The zero-order chi connectivity index (χ0) is 13.7. The Morgan fingerprint density at radius 3 is 2.63 bits per heavy atom. The summed E-state index contributed by atoms with van der Waals surface area (Å²) in [5.41, 5.74) is -0.677. The van der Waals surface area contributed by atoms with Crippen LogP contribution >= 0.6 is 0 Å². The fraction of sp³-hybridized carbons (Fsp3) is 0.214. The van der Waals surface area contributed by atoms with Crippen LogP contribution < -0.4 is 5.32 Å². The third-order valence-corrected chi connectivity index (χ3v) is 3.00. The van der Waals surface area contributed by atoms with Crippen LogP contribution in [0.4, 0.5) is 0 Å². The minimum absolute atomic E-state index is 0.0700. The number of carbonyl (C=O) groups excluding carboxylic acids is 1. The molecule has 0 saturated carbocycles. The fourth-order valence-electron chi connectivity index (χ4n) is 1.84. The van der Waals surface area contributed by atoms with E-state index in [0.717, 1.165) is 5.56 Å². The number of aliphatic carboxylic acids is 1. The van der Waals surface area contributed by atoms with Gasteiger partial charge in [-0.2, -0.15) is 0 Å². The topological polar surface area (TPSA) is 78.8 Å². The van der Waals surface area contributed by atoms with Gasteiger partial charge in [-0.1, -0.05) is 36.4 Å². The average Bonchev–Trinajstić information content (AvgIpc) is 2.46. The van der Waals surface area contributed by atoms with E-state index in [1.807, 2.05) is 30.3 Å². The van der Waals surface area contributed by atoms with Gasteiger partial charge in [0.1, 0.15) is 0 Å². The molecule has 1 aromatic carbocycles. The predicted molar refractivity (Wildman–Crippen MR) is 70.9 cm³/mol. The molecule has 1 amide bonds. The molecule has 2 rings (SSSR count). The van der Waals surface area contributed by atoms with Gasteiger partial charge in [0.15, 0.2) is 5.41 Å². The van der Waals surface area contributed by atoms with Crippen LogP contribution in [0.2, 0.25) is 0 Å². The van der Waals surface area contributed by atoms with E-state index in [1.165, 1.54) is 18.4 Å². The van der Waals surface area contributed by atoms with Gasteiger partial charge >= 0.3 is 5.97 Å². The molecule has 0 fully saturated rings. The Balaban J connectivity index is 2.07. The van der Waals surface area contributed by atoms with Crippen molar-refractivity contribution in [2.45, 2.75) is 6.54 Å². The molecule has 1 heterocycles. The molecule has 0 aromatic heterocycles. The molecule has 1 unspecified atom stereocenters. The Morgan fingerprint density at radius 1 is 1.32 bits per heavy atom. The highest BCUT2D eigenvalue weighted by Gasteiger charge is 2.44. The molecule has 0 saturated heterocycles. The van der Waals surface area contributed by atoms with Crippen molar-refractivity contribution < 1.29 is 14.7 Å². The number of hydrogen-bond acceptors (Lipinski definition) is 3. The minimum atomic E-state index is -1.59. The normalized spacial score (nSPS) is 21.1. The second-order valence-corrected chi connectivity index (χ2v) is 4.29. The summed E-state index contributed by atoms with van der Waals surface area (Å²) in [5.74, 6) is -1.73. The Hall–Kier alpha value is -2.43. The molecule has 0 aliphatic carbocycles. The number of allylic oxidation sites excluding steroid dienone is 1. The molecule has 0 bridgehead atoms. The first kappa shape index (κ1) is 13.0. The summed E-state index contributed by atoms with van der Waals surface area (Å²) >= 11 is 0. The molecule has 1 aliphatic heterocycles. The smallest absolute Gasteiger partial charge is 0.325 e. The van der Waals surface area contributed by atoms with Crippen LogP contribution in [0.1, 0.15) is 5.56 Å². The van der Waals surface area contributed by atoms with Gasteiger partial charge in [-0.05, 0) is 11.6 Å². The number of dihydropyridines is 1. The maximum Gasteiger partial charge on any atom is 0.325 e. The summed E-state index contributed by atoms with van der Waals surface area (Å²) in [4.78, 5) is 27.3. The first-order valence-corrected chi connectivity index (χ1v) is 5.88. The van der Waals surface area contributed by atoms with Gasteiger partial charge in [0.2, 0.25) is 5.91 Å². The predicted octanol–water partition coefficient (Wildman–Crippen LogP) is 1.01. The van der Waals surface area contributed by atoms with Crippen molar-refractivity contribution in [2.24, 2.45) is 10.4 Å². The van der Waals surface area contributed by atoms with E-state index in [-0.39, 0.29) is 6.54 Å². The number of rotatable bonds is 4. The van der Waals surface area contributed by atoms with Gasteiger partial charge in [0.25, 0.3) is 0 Å². The monoisotopic (exact) mass is 258 g/mol. The quantitative estimate of drug-likeness (QED) is 0.791. The Morgan fingerprint density at radius 2 is 2.05 bits per heavy atom.